The quantitative estimate of drug-likeness (QED) is 0.768. The van der Waals surface area contributed by atoms with E-state index in [0.717, 1.165) is 15.9 Å². The van der Waals surface area contributed by atoms with Gasteiger partial charge < -0.3 is 0 Å². The van der Waals surface area contributed by atoms with Crippen molar-refractivity contribution < 1.29 is 0 Å². The molecular formula is C17H24N6O2. The molecule has 25 heavy (non-hydrogen) atoms. The number of rotatable bonds is 2. The van der Waals surface area contributed by atoms with Crippen LogP contribution in [-0.2, 0) is 20.6 Å². The molecule has 0 aromatic carbocycles. The average molecular weight is 344 g/mol. The number of aryl methyl sites for hydroxylation is 1. The van der Waals surface area contributed by atoms with Gasteiger partial charge in [-0.3, -0.25) is 18.5 Å². The molecule has 1 aliphatic heterocycles. The first kappa shape index (κ1) is 17.2. The SMILES string of the molecule is C=C(C)CN1N=C(C(C)(C)C)Cn2c1nc1c2c(=O)n(C)c(=O)n1C. The van der Waals surface area contributed by atoms with Gasteiger partial charge >= 0.3 is 5.69 Å². The molecule has 0 bridgehead atoms. The molecule has 3 rings (SSSR count). The van der Waals surface area contributed by atoms with E-state index in [2.05, 4.69) is 32.3 Å². The molecule has 0 atom stereocenters. The van der Waals surface area contributed by atoms with Crippen molar-refractivity contribution >= 4 is 22.8 Å². The van der Waals surface area contributed by atoms with Gasteiger partial charge in [0.25, 0.3) is 5.56 Å². The van der Waals surface area contributed by atoms with Crippen molar-refractivity contribution in [3.63, 3.8) is 0 Å². The van der Waals surface area contributed by atoms with Gasteiger partial charge in [-0.1, -0.05) is 32.9 Å². The van der Waals surface area contributed by atoms with Crippen molar-refractivity contribution in [1.82, 2.24) is 18.7 Å². The predicted molar refractivity (Wildman–Crippen MR) is 99.3 cm³/mol. The largest absolute Gasteiger partial charge is 0.332 e. The van der Waals surface area contributed by atoms with Gasteiger partial charge in [0.1, 0.15) is 0 Å². The summed E-state index contributed by atoms with van der Waals surface area (Å²) in [4.78, 5) is 29.5. The summed E-state index contributed by atoms with van der Waals surface area (Å²) in [6.45, 7) is 13.1. The number of fused-ring (bicyclic) bond motifs is 3. The first-order valence-corrected chi connectivity index (χ1v) is 8.18. The number of hydrogen-bond donors (Lipinski definition) is 0. The van der Waals surface area contributed by atoms with Crippen LogP contribution in [0.2, 0.25) is 0 Å². The second-order valence-electron chi connectivity index (χ2n) is 7.69. The van der Waals surface area contributed by atoms with E-state index in [1.807, 2.05) is 11.5 Å². The Kier molecular flexibility index (Phi) is 3.74. The molecule has 1 aliphatic rings. The number of aromatic nitrogens is 4. The zero-order chi connectivity index (χ0) is 18.7. The number of hydrogen-bond acceptors (Lipinski definition) is 5. The van der Waals surface area contributed by atoms with Crippen molar-refractivity contribution in [2.24, 2.45) is 24.6 Å². The molecule has 2 aromatic rings. The third-order valence-electron chi connectivity index (χ3n) is 4.39. The molecule has 0 saturated carbocycles. The van der Waals surface area contributed by atoms with Crippen molar-refractivity contribution in [2.75, 3.05) is 11.6 Å². The van der Waals surface area contributed by atoms with E-state index in [1.54, 1.807) is 12.1 Å². The second-order valence-corrected chi connectivity index (χ2v) is 7.69. The van der Waals surface area contributed by atoms with Crippen LogP contribution in [0.25, 0.3) is 11.2 Å². The van der Waals surface area contributed by atoms with Gasteiger partial charge in [-0.25, -0.2) is 9.80 Å². The maximum absolute atomic E-state index is 12.7. The lowest BCUT2D eigenvalue weighted by atomic mass is 9.89. The number of nitrogens with zero attached hydrogens (tertiary/aromatic N) is 6. The zero-order valence-electron chi connectivity index (χ0n) is 15.6. The molecule has 0 N–H and O–H groups in total. The van der Waals surface area contributed by atoms with Gasteiger partial charge in [-0.05, 0) is 6.92 Å². The summed E-state index contributed by atoms with van der Waals surface area (Å²) in [7, 11) is 3.11. The molecule has 8 heteroatoms. The third-order valence-corrected chi connectivity index (χ3v) is 4.39. The van der Waals surface area contributed by atoms with Crippen LogP contribution >= 0.6 is 0 Å². The van der Waals surface area contributed by atoms with Gasteiger partial charge in [0.2, 0.25) is 5.95 Å². The number of hydrazone groups is 1. The number of imidazole rings is 1. The Labute approximate surface area is 145 Å². The zero-order valence-corrected chi connectivity index (χ0v) is 15.6. The molecule has 8 nitrogen and oxygen atoms in total. The predicted octanol–water partition coefficient (Wildman–Crippen LogP) is 1.23. The Bertz CT molecular complexity index is 1030. The maximum atomic E-state index is 12.7. The summed E-state index contributed by atoms with van der Waals surface area (Å²) < 4.78 is 4.37. The highest BCUT2D eigenvalue weighted by atomic mass is 16.2. The van der Waals surface area contributed by atoms with Crippen molar-refractivity contribution in [3.8, 4) is 0 Å². The molecule has 0 saturated heterocycles. The highest BCUT2D eigenvalue weighted by Gasteiger charge is 2.31. The Balaban J connectivity index is 2.36. The molecule has 0 fully saturated rings. The van der Waals surface area contributed by atoms with Crippen LogP contribution in [0.15, 0.2) is 26.8 Å². The van der Waals surface area contributed by atoms with Crippen LogP contribution in [0.3, 0.4) is 0 Å². The minimum absolute atomic E-state index is 0.159. The van der Waals surface area contributed by atoms with E-state index in [9.17, 15) is 9.59 Å². The maximum Gasteiger partial charge on any atom is 0.332 e. The monoisotopic (exact) mass is 344 g/mol. The summed E-state index contributed by atoms with van der Waals surface area (Å²) in [6.07, 6.45) is 0. The standard InChI is InChI=1S/C17H24N6O2/c1-10(2)8-23-15-18-13-12(14(24)21(7)16(25)20(13)6)22(15)9-11(19-23)17(3,4)5/h1,8-9H2,2-7H3. The topological polar surface area (TPSA) is 77.4 Å². The van der Waals surface area contributed by atoms with Crippen LogP contribution in [0.4, 0.5) is 5.95 Å². The Morgan fingerprint density at radius 2 is 1.84 bits per heavy atom. The highest BCUT2D eigenvalue weighted by molar-refractivity contribution is 5.93. The lowest BCUT2D eigenvalue weighted by Crippen LogP contribution is -2.39. The van der Waals surface area contributed by atoms with E-state index in [4.69, 9.17) is 5.10 Å². The normalized spacial score (nSPS) is 14.6. The van der Waals surface area contributed by atoms with Crippen LogP contribution in [0, 0.1) is 5.41 Å². The smallest absolute Gasteiger partial charge is 0.297 e. The van der Waals surface area contributed by atoms with E-state index < -0.39 is 5.69 Å². The molecule has 2 aromatic heterocycles. The lowest BCUT2D eigenvalue weighted by molar-refractivity contribution is 0.551. The Hall–Kier alpha value is -2.64. The first-order chi connectivity index (χ1) is 11.5. The molecule has 134 valence electrons. The van der Waals surface area contributed by atoms with E-state index in [1.165, 1.54) is 11.6 Å². The van der Waals surface area contributed by atoms with Crippen LogP contribution in [0.1, 0.15) is 27.7 Å². The fraction of sp³-hybridized carbons (Fsp3) is 0.529. The molecule has 0 unspecified atom stereocenters. The summed E-state index contributed by atoms with van der Waals surface area (Å²) in [5, 5.41) is 6.50. The van der Waals surface area contributed by atoms with Crippen LogP contribution in [0.5, 0.6) is 0 Å². The molecule has 0 spiro atoms. The highest BCUT2D eigenvalue weighted by Crippen LogP contribution is 2.29. The molecular weight excluding hydrogens is 320 g/mol. The fourth-order valence-electron chi connectivity index (χ4n) is 2.90. The third kappa shape index (κ3) is 2.61. The molecule has 0 radical (unpaired) electrons. The molecule has 3 heterocycles. The van der Waals surface area contributed by atoms with Crippen molar-refractivity contribution in [2.45, 2.75) is 34.2 Å². The Morgan fingerprint density at radius 1 is 1.20 bits per heavy atom. The minimum Gasteiger partial charge on any atom is -0.297 e. The summed E-state index contributed by atoms with van der Waals surface area (Å²) in [5.41, 5.74) is 1.77. The number of anilines is 1. The lowest BCUT2D eigenvalue weighted by Gasteiger charge is -2.31. The first-order valence-electron chi connectivity index (χ1n) is 8.18. The summed E-state index contributed by atoms with van der Waals surface area (Å²) in [6, 6.07) is 0. The Morgan fingerprint density at radius 3 is 2.40 bits per heavy atom. The summed E-state index contributed by atoms with van der Waals surface area (Å²) >= 11 is 0. The molecule has 0 aliphatic carbocycles. The summed E-state index contributed by atoms with van der Waals surface area (Å²) in [5.74, 6) is 0.560. The van der Waals surface area contributed by atoms with E-state index in [0.29, 0.717) is 30.2 Å². The van der Waals surface area contributed by atoms with E-state index in [-0.39, 0.29) is 11.0 Å². The molecule has 0 amide bonds. The minimum atomic E-state index is -0.392. The van der Waals surface area contributed by atoms with Gasteiger partial charge in [-0.15, -0.1) is 0 Å². The van der Waals surface area contributed by atoms with Crippen LogP contribution < -0.4 is 16.3 Å². The second kappa shape index (κ2) is 5.44. The van der Waals surface area contributed by atoms with Crippen molar-refractivity contribution in [1.29, 1.82) is 0 Å². The van der Waals surface area contributed by atoms with Gasteiger partial charge in [0.05, 0.1) is 18.8 Å². The van der Waals surface area contributed by atoms with Gasteiger partial charge in [0, 0.05) is 19.5 Å². The van der Waals surface area contributed by atoms with Gasteiger partial charge in [0.15, 0.2) is 11.2 Å². The van der Waals surface area contributed by atoms with Crippen molar-refractivity contribution in [3.05, 3.63) is 33.0 Å². The van der Waals surface area contributed by atoms with Crippen LogP contribution in [-0.4, -0.2) is 30.9 Å². The fourth-order valence-corrected chi connectivity index (χ4v) is 2.90. The van der Waals surface area contributed by atoms with Gasteiger partial charge in [-0.2, -0.15) is 10.1 Å². The van der Waals surface area contributed by atoms with E-state index >= 15 is 0 Å². The average Bonchev–Trinajstić information content (AvgIpc) is 2.89.